The second kappa shape index (κ2) is 3.86. The quantitative estimate of drug-likeness (QED) is 0.875. The number of pyridine rings is 1. The largest absolute Gasteiger partial charge is 0.396 e. The number of hydrogen-bond acceptors (Lipinski definition) is 3. The number of halogens is 2. The van der Waals surface area contributed by atoms with Gasteiger partial charge in [-0.1, -0.05) is 0 Å². The molecule has 0 unspecified atom stereocenters. The van der Waals surface area contributed by atoms with Gasteiger partial charge in [0.15, 0.2) is 11.6 Å². The van der Waals surface area contributed by atoms with E-state index in [4.69, 9.17) is 5.73 Å². The van der Waals surface area contributed by atoms with Crippen LogP contribution in [0.2, 0.25) is 0 Å². The van der Waals surface area contributed by atoms with Gasteiger partial charge in [-0.3, -0.25) is 0 Å². The van der Waals surface area contributed by atoms with E-state index in [0.29, 0.717) is 21.5 Å². The van der Waals surface area contributed by atoms with Gasteiger partial charge >= 0.3 is 0 Å². The van der Waals surface area contributed by atoms with Gasteiger partial charge in [0, 0.05) is 10.7 Å². The minimum atomic E-state index is -0.444. The Labute approximate surface area is 100 Å². The molecular formula is C10H10BrFN4. The molecule has 0 bridgehead atoms. The van der Waals surface area contributed by atoms with Gasteiger partial charge in [0.2, 0.25) is 0 Å². The van der Waals surface area contributed by atoms with Crippen molar-refractivity contribution < 1.29 is 4.39 Å². The minimum absolute atomic E-state index is 0.153. The second-order valence-corrected chi connectivity index (χ2v) is 4.37. The Morgan fingerprint density at radius 1 is 1.44 bits per heavy atom. The lowest BCUT2D eigenvalue weighted by Crippen LogP contribution is -2.05. The van der Waals surface area contributed by atoms with Crippen LogP contribution in [0.5, 0.6) is 0 Å². The number of nitrogen functional groups attached to an aromatic ring is 1. The molecule has 0 aromatic carbocycles. The highest BCUT2D eigenvalue weighted by Crippen LogP contribution is 2.21. The van der Waals surface area contributed by atoms with E-state index < -0.39 is 5.82 Å². The number of aromatic nitrogens is 3. The maximum atomic E-state index is 13.7. The summed E-state index contributed by atoms with van der Waals surface area (Å²) in [5.74, 6) is -0.291. The van der Waals surface area contributed by atoms with Crippen LogP contribution < -0.4 is 5.73 Å². The molecule has 2 heterocycles. The monoisotopic (exact) mass is 284 g/mol. The molecule has 2 N–H and O–H groups in total. The fourth-order valence-corrected chi connectivity index (χ4v) is 1.73. The molecule has 0 aliphatic rings. The lowest BCUT2D eigenvalue weighted by Gasteiger charge is -2.04. The van der Waals surface area contributed by atoms with E-state index in [2.05, 4.69) is 26.0 Å². The summed E-state index contributed by atoms with van der Waals surface area (Å²) in [5, 5.41) is 4.14. The van der Waals surface area contributed by atoms with Crippen molar-refractivity contribution in [3.05, 3.63) is 33.9 Å². The standard InChI is InChI=1S/C10H10BrFN4/c1-5-9(13)6(2)16(15-5)10-8(12)3-7(11)4-14-10/h3-4H,13H2,1-2H3. The Balaban J connectivity index is 2.63. The van der Waals surface area contributed by atoms with Crippen LogP contribution in [-0.4, -0.2) is 14.8 Å². The van der Waals surface area contributed by atoms with Crippen LogP contribution in [-0.2, 0) is 0 Å². The predicted molar refractivity (Wildman–Crippen MR) is 62.9 cm³/mol. The molecule has 0 spiro atoms. The Kier molecular flexibility index (Phi) is 2.67. The van der Waals surface area contributed by atoms with E-state index in [-0.39, 0.29) is 5.82 Å². The Morgan fingerprint density at radius 2 is 2.12 bits per heavy atom. The van der Waals surface area contributed by atoms with Crippen molar-refractivity contribution in [2.75, 3.05) is 5.73 Å². The maximum absolute atomic E-state index is 13.7. The smallest absolute Gasteiger partial charge is 0.190 e. The first-order chi connectivity index (χ1) is 7.50. The summed E-state index contributed by atoms with van der Waals surface area (Å²) in [6.45, 7) is 3.55. The van der Waals surface area contributed by atoms with Gasteiger partial charge in [0.25, 0.3) is 0 Å². The van der Waals surface area contributed by atoms with Gasteiger partial charge in [0.1, 0.15) is 0 Å². The number of nitrogens with two attached hydrogens (primary N) is 1. The van der Waals surface area contributed by atoms with Crippen LogP contribution in [0, 0.1) is 19.7 Å². The van der Waals surface area contributed by atoms with Crippen molar-refractivity contribution in [2.45, 2.75) is 13.8 Å². The van der Waals surface area contributed by atoms with Crippen molar-refractivity contribution >= 4 is 21.6 Å². The summed E-state index contributed by atoms with van der Waals surface area (Å²) < 4.78 is 15.7. The topological polar surface area (TPSA) is 56.7 Å². The average Bonchev–Trinajstić information content (AvgIpc) is 2.46. The van der Waals surface area contributed by atoms with E-state index in [9.17, 15) is 4.39 Å². The van der Waals surface area contributed by atoms with Crippen LogP contribution in [0.4, 0.5) is 10.1 Å². The van der Waals surface area contributed by atoms with Crippen LogP contribution in [0.15, 0.2) is 16.7 Å². The van der Waals surface area contributed by atoms with Crippen molar-refractivity contribution in [1.82, 2.24) is 14.8 Å². The SMILES string of the molecule is Cc1nn(-c2ncc(Br)cc2F)c(C)c1N. The number of aryl methyl sites for hydroxylation is 1. The molecule has 4 nitrogen and oxygen atoms in total. The Hall–Kier alpha value is -1.43. The van der Waals surface area contributed by atoms with E-state index in [1.54, 1.807) is 13.8 Å². The fraction of sp³-hybridized carbons (Fsp3) is 0.200. The summed E-state index contributed by atoms with van der Waals surface area (Å²) >= 11 is 3.15. The third kappa shape index (κ3) is 1.69. The molecule has 16 heavy (non-hydrogen) atoms. The molecule has 0 saturated heterocycles. The first-order valence-corrected chi connectivity index (χ1v) is 5.43. The molecule has 0 radical (unpaired) electrons. The maximum Gasteiger partial charge on any atom is 0.190 e. The number of nitrogens with zero attached hydrogens (tertiary/aromatic N) is 3. The zero-order valence-corrected chi connectivity index (χ0v) is 10.4. The normalized spacial score (nSPS) is 10.8. The molecule has 0 atom stereocenters. The summed E-state index contributed by atoms with van der Waals surface area (Å²) in [5.41, 5.74) is 7.69. The Bertz CT molecular complexity index is 550. The predicted octanol–water partition coefficient (Wildman–Crippen LogP) is 2.37. The van der Waals surface area contributed by atoms with Crippen LogP contribution in [0.1, 0.15) is 11.4 Å². The first-order valence-electron chi connectivity index (χ1n) is 4.64. The van der Waals surface area contributed by atoms with Gasteiger partial charge in [-0.05, 0) is 35.8 Å². The lowest BCUT2D eigenvalue weighted by molar-refractivity contribution is 0.596. The molecule has 0 saturated carbocycles. The van der Waals surface area contributed by atoms with Crippen molar-refractivity contribution in [3.63, 3.8) is 0 Å². The van der Waals surface area contributed by atoms with Crippen LogP contribution >= 0.6 is 15.9 Å². The van der Waals surface area contributed by atoms with Crippen molar-refractivity contribution in [1.29, 1.82) is 0 Å². The van der Waals surface area contributed by atoms with E-state index in [0.717, 1.165) is 0 Å². The highest BCUT2D eigenvalue weighted by atomic mass is 79.9. The van der Waals surface area contributed by atoms with Crippen LogP contribution in [0.25, 0.3) is 5.82 Å². The van der Waals surface area contributed by atoms with E-state index in [1.165, 1.54) is 16.9 Å². The molecule has 0 fully saturated rings. The molecule has 2 rings (SSSR count). The zero-order valence-electron chi connectivity index (χ0n) is 8.83. The molecular weight excluding hydrogens is 275 g/mol. The van der Waals surface area contributed by atoms with Gasteiger partial charge in [-0.25, -0.2) is 14.1 Å². The number of hydrogen-bond donors (Lipinski definition) is 1. The average molecular weight is 285 g/mol. The highest BCUT2D eigenvalue weighted by molar-refractivity contribution is 9.10. The van der Waals surface area contributed by atoms with Gasteiger partial charge in [0.05, 0.1) is 17.1 Å². The molecule has 0 amide bonds. The van der Waals surface area contributed by atoms with Crippen molar-refractivity contribution in [3.8, 4) is 5.82 Å². The number of anilines is 1. The summed E-state index contributed by atoms with van der Waals surface area (Å²) in [6, 6.07) is 1.34. The second-order valence-electron chi connectivity index (χ2n) is 3.46. The summed E-state index contributed by atoms with van der Waals surface area (Å²) in [7, 11) is 0. The third-order valence-electron chi connectivity index (χ3n) is 2.34. The zero-order chi connectivity index (χ0) is 11.9. The Morgan fingerprint density at radius 3 is 2.62 bits per heavy atom. The molecule has 0 aliphatic heterocycles. The lowest BCUT2D eigenvalue weighted by atomic mass is 10.3. The highest BCUT2D eigenvalue weighted by Gasteiger charge is 2.14. The molecule has 2 aromatic heterocycles. The summed E-state index contributed by atoms with van der Waals surface area (Å²) in [4.78, 5) is 3.99. The molecule has 6 heteroatoms. The molecule has 84 valence electrons. The van der Waals surface area contributed by atoms with Gasteiger partial charge in [-0.2, -0.15) is 5.10 Å². The van der Waals surface area contributed by atoms with Gasteiger partial charge in [-0.15, -0.1) is 0 Å². The van der Waals surface area contributed by atoms with E-state index >= 15 is 0 Å². The first kappa shape index (κ1) is 11.1. The third-order valence-corrected chi connectivity index (χ3v) is 2.77. The van der Waals surface area contributed by atoms with E-state index in [1.807, 2.05) is 0 Å². The minimum Gasteiger partial charge on any atom is -0.396 e. The summed E-state index contributed by atoms with van der Waals surface area (Å²) in [6.07, 6.45) is 1.52. The molecule has 2 aromatic rings. The fourth-order valence-electron chi connectivity index (χ4n) is 1.42. The molecule has 0 aliphatic carbocycles. The van der Waals surface area contributed by atoms with Crippen molar-refractivity contribution in [2.24, 2.45) is 0 Å². The van der Waals surface area contributed by atoms with Crippen LogP contribution in [0.3, 0.4) is 0 Å². The van der Waals surface area contributed by atoms with Gasteiger partial charge < -0.3 is 5.73 Å². The number of rotatable bonds is 1.